The van der Waals surface area contributed by atoms with Crippen LogP contribution in [0.1, 0.15) is 42.8 Å². The largest absolute Gasteiger partial charge is 0.465 e. The lowest BCUT2D eigenvalue weighted by molar-refractivity contribution is 0.0601. The molecule has 0 unspecified atom stereocenters. The predicted octanol–water partition coefficient (Wildman–Crippen LogP) is 4.62. The lowest BCUT2D eigenvalue weighted by atomic mass is 9.99. The van der Waals surface area contributed by atoms with Gasteiger partial charge in [0.15, 0.2) is 5.11 Å². The molecule has 0 bridgehead atoms. The Morgan fingerprint density at radius 2 is 1.53 bits per heavy atom. The van der Waals surface area contributed by atoms with Crippen LogP contribution in [0.15, 0.2) is 60.7 Å². The van der Waals surface area contributed by atoms with Gasteiger partial charge in [-0.05, 0) is 35.8 Å². The number of carbonyl (C=O) groups is 2. The van der Waals surface area contributed by atoms with E-state index in [1.165, 1.54) is 23.3 Å². The minimum atomic E-state index is -0.524. The first kappa shape index (κ1) is 23.4. The van der Waals surface area contributed by atoms with Gasteiger partial charge in [-0.3, -0.25) is 4.79 Å². The van der Waals surface area contributed by atoms with Crippen molar-refractivity contribution in [2.24, 2.45) is 0 Å². The summed E-state index contributed by atoms with van der Waals surface area (Å²) in [6.45, 7) is 1.73. The Morgan fingerprint density at radius 1 is 1.00 bits per heavy atom. The third kappa shape index (κ3) is 5.15. The van der Waals surface area contributed by atoms with Crippen molar-refractivity contribution < 1.29 is 14.3 Å². The Bertz CT molecular complexity index is 1070. The van der Waals surface area contributed by atoms with E-state index in [1.807, 2.05) is 60.7 Å². The van der Waals surface area contributed by atoms with E-state index in [1.54, 1.807) is 21.0 Å². The van der Waals surface area contributed by atoms with Gasteiger partial charge in [0.2, 0.25) is 0 Å². The molecule has 0 fully saturated rings. The van der Waals surface area contributed by atoms with Crippen LogP contribution < -0.4 is 10.6 Å². The quantitative estimate of drug-likeness (QED) is 0.407. The first-order chi connectivity index (χ1) is 15.3. The monoisotopic (exact) mass is 467 g/mol. The zero-order chi connectivity index (χ0) is 23.3. The molecule has 3 aromatic rings. The summed E-state index contributed by atoms with van der Waals surface area (Å²) in [5.74, 6) is -0.708. The van der Waals surface area contributed by atoms with Crippen LogP contribution in [0.25, 0.3) is 0 Å². The lowest BCUT2D eigenvalue weighted by Crippen LogP contribution is -2.33. The fourth-order valence-corrected chi connectivity index (χ4v) is 4.78. The van der Waals surface area contributed by atoms with E-state index in [-0.39, 0.29) is 11.9 Å². The Kier molecular flexibility index (Phi) is 7.61. The summed E-state index contributed by atoms with van der Waals surface area (Å²) in [6, 6.07) is 19.7. The fourth-order valence-electron chi connectivity index (χ4n) is 3.28. The smallest absolute Gasteiger partial charge is 0.341 e. The maximum Gasteiger partial charge on any atom is 0.341 e. The molecule has 6 nitrogen and oxygen atoms in total. The lowest BCUT2D eigenvalue weighted by Gasteiger charge is -2.22. The summed E-state index contributed by atoms with van der Waals surface area (Å²) in [6.07, 6.45) is 0. The highest BCUT2D eigenvalue weighted by Crippen LogP contribution is 2.34. The van der Waals surface area contributed by atoms with Crippen molar-refractivity contribution in [3.8, 4) is 0 Å². The third-order valence-corrected chi connectivity index (χ3v) is 6.32. The molecule has 0 saturated carbocycles. The second kappa shape index (κ2) is 10.4. The van der Waals surface area contributed by atoms with E-state index in [2.05, 4.69) is 10.6 Å². The van der Waals surface area contributed by atoms with Crippen LogP contribution in [0.5, 0.6) is 0 Å². The van der Waals surface area contributed by atoms with Crippen LogP contribution >= 0.6 is 23.6 Å². The molecule has 3 rings (SSSR count). The van der Waals surface area contributed by atoms with Crippen molar-refractivity contribution in [3.63, 3.8) is 0 Å². The van der Waals surface area contributed by atoms with Gasteiger partial charge in [0.25, 0.3) is 5.91 Å². The van der Waals surface area contributed by atoms with E-state index in [0.29, 0.717) is 26.1 Å². The second-order valence-electron chi connectivity index (χ2n) is 7.30. The van der Waals surface area contributed by atoms with Crippen molar-refractivity contribution in [2.75, 3.05) is 26.5 Å². The molecule has 32 heavy (non-hydrogen) atoms. The number of amides is 1. The van der Waals surface area contributed by atoms with E-state index in [9.17, 15) is 9.59 Å². The molecule has 0 saturated heterocycles. The first-order valence-corrected chi connectivity index (χ1v) is 11.2. The molecular weight excluding hydrogens is 442 g/mol. The summed E-state index contributed by atoms with van der Waals surface area (Å²) in [5, 5.41) is 7.26. The average molecular weight is 468 g/mol. The second-order valence-corrected chi connectivity index (χ2v) is 8.73. The number of hydrogen-bond acceptors (Lipinski definition) is 5. The zero-order valence-electron chi connectivity index (χ0n) is 18.3. The number of anilines is 1. The van der Waals surface area contributed by atoms with Gasteiger partial charge in [-0.2, -0.15) is 0 Å². The molecule has 1 aromatic heterocycles. The highest BCUT2D eigenvalue weighted by atomic mass is 32.1. The van der Waals surface area contributed by atoms with E-state index in [0.717, 1.165) is 11.1 Å². The van der Waals surface area contributed by atoms with Gasteiger partial charge >= 0.3 is 5.97 Å². The van der Waals surface area contributed by atoms with Crippen molar-refractivity contribution in [1.82, 2.24) is 10.2 Å². The number of nitrogens with one attached hydrogen (secondary N) is 2. The number of ether oxygens (including phenoxy) is 1. The number of esters is 1. The summed E-state index contributed by atoms with van der Waals surface area (Å²) in [4.78, 5) is 27.0. The number of rotatable bonds is 6. The van der Waals surface area contributed by atoms with Crippen LogP contribution in [-0.2, 0) is 4.74 Å². The highest BCUT2D eigenvalue weighted by molar-refractivity contribution is 7.80. The number of carbonyl (C=O) groups excluding carboxylic acids is 2. The van der Waals surface area contributed by atoms with Crippen LogP contribution in [0.3, 0.4) is 0 Å². The minimum Gasteiger partial charge on any atom is -0.465 e. The molecule has 1 heterocycles. The van der Waals surface area contributed by atoms with Gasteiger partial charge in [-0.1, -0.05) is 60.7 Å². The third-order valence-electron chi connectivity index (χ3n) is 4.91. The molecule has 0 aliphatic heterocycles. The Hall–Kier alpha value is -3.23. The summed E-state index contributed by atoms with van der Waals surface area (Å²) in [5.41, 5.74) is 2.96. The molecule has 0 atom stereocenters. The normalized spacial score (nSPS) is 10.5. The molecule has 8 heteroatoms. The molecule has 0 radical (unpaired) electrons. The van der Waals surface area contributed by atoms with Gasteiger partial charge in [0.1, 0.15) is 5.00 Å². The summed E-state index contributed by atoms with van der Waals surface area (Å²) >= 11 is 6.78. The minimum absolute atomic E-state index is 0.184. The first-order valence-electron chi connectivity index (χ1n) is 9.94. The average Bonchev–Trinajstić information content (AvgIpc) is 3.12. The van der Waals surface area contributed by atoms with Crippen LogP contribution in [-0.4, -0.2) is 43.1 Å². The summed E-state index contributed by atoms with van der Waals surface area (Å²) in [7, 11) is 4.65. The topological polar surface area (TPSA) is 70.7 Å². The number of thiocarbonyl (C=S) groups is 1. The van der Waals surface area contributed by atoms with Gasteiger partial charge in [0, 0.05) is 14.1 Å². The van der Waals surface area contributed by atoms with Crippen molar-refractivity contribution in [1.29, 1.82) is 0 Å². The standard InChI is InChI=1S/C24H25N3O3S2/c1-15-18(23(29)30-4)21(32-20(15)22(28)27(2)3)26-24(31)25-19(16-11-7-5-8-12-16)17-13-9-6-10-14-17/h5-14,19H,1-4H3,(H2,25,26,31). The van der Waals surface area contributed by atoms with Crippen molar-refractivity contribution in [3.05, 3.63) is 87.8 Å². The molecule has 166 valence electrons. The van der Waals surface area contributed by atoms with Gasteiger partial charge in [-0.25, -0.2) is 4.79 Å². The molecule has 0 spiro atoms. The number of benzene rings is 2. The number of hydrogen-bond donors (Lipinski definition) is 2. The molecule has 2 aromatic carbocycles. The molecular formula is C24H25N3O3S2. The molecule has 0 aliphatic carbocycles. The van der Waals surface area contributed by atoms with Gasteiger partial charge in [-0.15, -0.1) is 11.3 Å². The van der Waals surface area contributed by atoms with Crippen LogP contribution in [0.2, 0.25) is 0 Å². The van der Waals surface area contributed by atoms with Crippen molar-refractivity contribution >= 4 is 45.5 Å². The highest BCUT2D eigenvalue weighted by Gasteiger charge is 2.27. The Morgan fingerprint density at radius 3 is 2.00 bits per heavy atom. The maximum atomic E-state index is 12.6. The number of methoxy groups -OCH3 is 1. The summed E-state index contributed by atoms with van der Waals surface area (Å²) < 4.78 is 4.95. The van der Waals surface area contributed by atoms with Gasteiger partial charge in [0.05, 0.1) is 23.6 Å². The fraction of sp³-hybridized carbons (Fsp3) is 0.208. The van der Waals surface area contributed by atoms with E-state index >= 15 is 0 Å². The number of thiophene rings is 1. The predicted molar refractivity (Wildman–Crippen MR) is 132 cm³/mol. The molecule has 1 amide bonds. The Labute approximate surface area is 197 Å². The van der Waals surface area contributed by atoms with Crippen molar-refractivity contribution in [2.45, 2.75) is 13.0 Å². The number of nitrogens with zero attached hydrogens (tertiary/aromatic N) is 1. The van der Waals surface area contributed by atoms with Crippen LogP contribution in [0, 0.1) is 6.92 Å². The maximum absolute atomic E-state index is 12.6. The van der Waals surface area contributed by atoms with E-state index in [4.69, 9.17) is 17.0 Å². The Balaban J connectivity index is 1.92. The molecule has 0 aliphatic rings. The zero-order valence-corrected chi connectivity index (χ0v) is 20.0. The molecule has 2 N–H and O–H groups in total. The van der Waals surface area contributed by atoms with Gasteiger partial charge < -0.3 is 20.3 Å². The SMILES string of the molecule is COC(=O)c1c(NC(=S)NC(c2ccccc2)c2ccccc2)sc(C(=O)N(C)C)c1C. The van der Waals surface area contributed by atoms with Crippen LogP contribution in [0.4, 0.5) is 5.00 Å². The van der Waals surface area contributed by atoms with E-state index < -0.39 is 5.97 Å².